The van der Waals surface area contributed by atoms with Gasteiger partial charge in [-0.1, -0.05) is 0 Å². The summed E-state index contributed by atoms with van der Waals surface area (Å²) in [6.07, 6.45) is 0. The number of thiol groups is 1. The molecule has 0 aromatic rings. The molecule has 0 saturated carbocycles. The Morgan fingerprint density at radius 2 is 1.78 bits per heavy atom. The Morgan fingerprint density at radius 3 is 2.26 bits per heavy atom. The Labute approximate surface area is 144 Å². The van der Waals surface area contributed by atoms with Crippen molar-refractivity contribution in [3.8, 4) is 0 Å². The second-order valence-corrected chi connectivity index (χ2v) is 6.64. The van der Waals surface area contributed by atoms with Crippen molar-refractivity contribution in [3.63, 3.8) is 0 Å². The molecule has 0 fully saturated rings. The van der Waals surface area contributed by atoms with E-state index in [0.717, 1.165) is 0 Å². The van der Waals surface area contributed by atoms with E-state index < -0.39 is 40.7 Å². The number of amides is 1. The zero-order valence-corrected chi connectivity index (χ0v) is 15.1. The van der Waals surface area contributed by atoms with Gasteiger partial charge in [0.1, 0.15) is 6.04 Å². The van der Waals surface area contributed by atoms with E-state index in [-0.39, 0.29) is 12.4 Å². The van der Waals surface area contributed by atoms with Gasteiger partial charge < -0.3 is 19.5 Å². The van der Waals surface area contributed by atoms with E-state index in [4.69, 9.17) is 4.74 Å². The van der Waals surface area contributed by atoms with E-state index in [2.05, 4.69) is 27.4 Å². The van der Waals surface area contributed by atoms with Gasteiger partial charge in [-0.05, 0) is 32.5 Å². The van der Waals surface area contributed by atoms with Crippen LogP contribution in [0.5, 0.6) is 0 Å². The molecule has 8 nitrogen and oxygen atoms in total. The fourth-order valence-electron chi connectivity index (χ4n) is 1.20. The highest BCUT2D eigenvalue weighted by Crippen LogP contribution is 2.26. The summed E-state index contributed by atoms with van der Waals surface area (Å²) >= 11 is 4.59. The molecule has 0 aliphatic rings. The lowest BCUT2D eigenvalue weighted by Crippen LogP contribution is -2.50. The molecule has 0 aromatic carbocycles. The van der Waals surface area contributed by atoms with E-state index in [0.29, 0.717) is 11.8 Å². The smallest absolute Gasteiger partial charge is 0.371 e. The SMILES string of the molecule is CCOC(=O)[C@H](CS)NC(=O)C(C)(C)SC(=O)OCOC(C)=O. The zero-order chi connectivity index (χ0) is 18.0. The third-order valence-corrected chi connectivity index (χ3v) is 3.73. The van der Waals surface area contributed by atoms with E-state index in [1.165, 1.54) is 20.8 Å². The Hall–Kier alpha value is -1.42. The summed E-state index contributed by atoms with van der Waals surface area (Å²) in [7, 11) is 0. The topological polar surface area (TPSA) is 108 Å². The van der Waals surface area contributed by atoms with Gasteiger partial charge in [-0.3, -0.25) is 9.59 Å². The first-order valence-corrected chi connectivity index (χ1v) is 8.16. The predicted molar refractivity (Wildman–Crippen MR) is 87.2 cm³/mol. The number of rotatable bonds is 8. The monoisotopic (exact) mass is 367 g/mol. The molecule has 1 atom stereocenters. The summed E-state index contributed by atoms with van der Waals surface area (Å²) in [5.41, 5.74) is 0. The molecule has 10 heteroatoms. The van der Waals surface area contributed by atoms with Crippen molar-refractivity contribution in [2.45, 2.75) is 38.5 Å². The maximum absolute atomic E-state index is 12.2. The Bertz CT molecular complexity index is 454. The second-order valence-electron chi connectivity index (χ2n) is 4.72. The molecule has 0 unspecified atom stereocenters. The highest BCUT2D eigenvalue weighted by Gasteiger charge is 2.35. The van der Waals surface area contributed by atoms with Gasteiger partial charge in [0, 0.05) is 12.7 Å². The van der Waals surface area contributed by atoms with Crippen LogP contribution in [-0.2, 0) is 28.6 Å². The molecular formula is C13H21NO7S2. The van der Waals surface area contributed by atoms with Crippen LogP contribution in [0.1, 0.15) is 27.7 Å². The molecule has 0 rings (SSSR count). The number of hydrogen-bond donors (Lipinski definition) is 2. The molecule has 0 aliphatic heterocycles. The zero-order valence-electron chi connectivity index (χ0n) is 13.4. The lowest BCUT2D eigenvalue weighted by molar-refractivity contribution is -0.148. The molecule has 1 N–H and O–H groups in total. The number of ether oxygens (including phenoxy) is 3. The highest BCUT2D eigenvalue weighted by atomic mass is 32.2. The third-order valence-electron chi connectivity index (χ3n) is 2.38. The van der Waals surface area contributed by atoms with Gasteiger partial charge in [0.05, 0.1) is 11.4 Å². The summed E-state index contributed by atoms with van der Waals surface area (Å²) in [4.78, 5) is 46.0. The first-order chi connectivity index (χ1) is 10.6. The first-order valence-electron chi connectivity index (χ1n) is 6.71. The van der Waals surface area contributed by atoms with Gasteiger partial charge in [-0.15, -0.1) is 0 Å². The minimum atomic E-state index is -1.21. The lowest BCUT2D eigenvalue weighted by atomic mass is 10.2. The number of thioether (sulfide) groups is 1. The third kappa shape index (κ3) is 8.70. The van der Waals surface area contributed by atoms with Crippen molar-refractivity contribution in [2.75, 3.05) is 19.2 Å². The number of esters is 2. The standard InChI is InChI=1S/C13H21NO7S2/c1-5-19-10(16)9(6-22)14-11(17)13(3,4)23-12(18)21-7-20-8(2)15/h9,22H,5-7H2,1-4H3,(H,14,17)/t9-/m0/s1. The molecule has 0 heterocycles. The molecule has 0 aromatic heterocycles. The molecule has 0 bridgehead atoms. The minimum Gasteiger partial charge on any atom is -0.464 e. The summed E-state index contributed by atoms with van der Waals surface area (Å²) in [6, 6.07) is -0.914. The molecule has 1 amide bonds. The fraction of sp³-hybridized carbons (Fsp3) is 0.692. The highest BCUT2D eigenvalue weighted by molar-refractivity contribution is 8.15. The number of carbonyl (C=O) groups excluding carboxylic acids is 4. The molecule has 0 saturated heterocycles. The Morgan fingerprint density at radius 1 is 1.17 bits per heavy atom. The van der Waals surface area contributed by atoms with Crippen LogP contribution in [0.4, 0.5) is 4.79 Å². The van der Waals surface area contributed by atoms with Crippen molar-refractivity contribution < 1.29 is 33.4 Å². The second kappa shape index (κ2) is 10.4. The van der Waals surface area contributed by atoms with Gasteiger partial charge in [-0.2, -0.15) is 12.6 Å². The van der Waals surface area contributed by atoms with Gasteiger partial charge in [0.25, 0.3) is 0 Å². The minimum absolute atomic E-state index is 0.0578. The van der Waals surface area contributed by atoms with E-state index in [9.17, 15) is 19.2 Å². The summed E-state index contributed by atoms with van der Waals surface area (Å²) in [5.74, 6) is -1.69. The van der Waals surface area contributed by atoms with Crippen LogP contribution in [0.25, 0.3) is 0 Å². The summed E-state index contributed by atoms with van der Waals surface area (Å²) in [5, 5.41) is 1.68. The molecule has 23 heavy (non-hydrogen) atoms. The van der Waals surface area contributed by atoms with Crippen LogP contribution in [0, 0.1) is 0 Å². The van der Waals surface area contributed by atoms with Crippen LogP contribution in [0.2, 0.25) is 0 Å². The fourth-order valence-corrected chi connectivity index (χ4v) is 2.11. The average molecular weight is 367 g/mol. The van der Waals surface area contributed by atoms with Crippen molar-refractivity contribution in [3.05, 3.63) is 0 Å². The van der Waals surface area contributed by atoms with Crippen molar-refractivity contribution in [2.24, 2.45) is 0 Å². The molecule has 0 radical (unpaired) electrons. The van der Waals surface area contributed by atoms with Gasteiger partial charge >= 0.3 is 17.2 Å². The van der Waals surface area contributed by atoms with Crippen LogP contribution in [-0.4, -0.2) is 53.1 Å². The van der Waals surface area contributed by atoms with E-state index >= 15 is 0 Å². The Kier molecular flexibility index (Phi) is 9.73. The van der Waals surface area contributed by atoms with Gasteiger partial charge in [0.15, 0.2) is 0 Å². The molecule has 0 aliphatic carbocycles. The summed E-state index contributed by atoms with van der Waals surface area (Å²) in [6.45, 7) is 5.45. The van der Waals surface area contributed by atoms with Crippen LogP contribution < -0.4 is 5.32 Å². The predicted octanol–water partition coefficient (Wildman–Crippen LogP) is 1.13. The quantitative estimate of drug-likeness (QED) is 0.373. The maximum Gasteiger partial charge on any atom is 0.371 e. The maximum atomic E-state index is 12.2. The lowest BCUT2D eigenvalue weighted by Gasteiger charge is -2.24. The van der Waals surface area contributed by atoms with Gasteiger partial charge in [0.2, 0.25) is 12.7 Å². The van der Waals surface area contributed by atoms with Crippen molar-refractivity contribution >= 4 is 47.5 Å². The number of hydrogen-bond acceptors (Lipinski definition) is 9. The van der Waals surface area contributed by atoms with Crippen molar-refractivity contribution in [1.29, 1.82) is 0 Å². The summed E-state index contributed by atoms with van der Waals surface area (Å²) < 4.78 is 12.7. The van der Waals surface area contributed by atoms with Crippen LogP contribution >= 0.6 is 24.4 Å². The first kappa shape index (κ1) is 21.6. The van der Waals surface area contributed by atoms with E-state index in [1.807, 2.05) is 0 Å². The molecule has 132 valence electrons. The normalized spacial score (nSPS) is 12.0. The molecule has 0 spiro atoms. The largest absolute Gasteiger partial charge is 0.464 e. The van der Waals surface area contributed by atoms with Crippen LogP contribution in [0.15, 0.2) is 0 Å². The molecular weight excluding hydrogens is 346 g/mol. The van der Waals surface area contributed by atoms with Crippen LogP contribution in [0.3, 0.4) is 0 Å². The van der Waals surface area contributed by atoms with Gasteiger partial charge in [-0.25, -0.2) is 9.59 Å². The number of nitrogens with one attached hydrogen (secondary N) is 1. The van der Waals surface area contributed by atoms with E-state index in [1.54, 1.807) is 6.92 Å². The van der Waals surface area contributed by atoms with Crippen molar-refractivity contribution in [1.82, 2.24) is 5.32 Å². The Balaban J connectivity index is 4.54. The number of carbonyl (C=O) groups is 4. The average Bonchev–Trinajstić information content (AvgIpc) is 2.43.